The van der Waals surface area contributed by atoms with Gasteiger partial charge in [-0.05, 0) is 43.2 Å². The van der Waals surface area contributed by atoms with Crippen LogP contribution in [0.3, 0.4) is 0 Å². The number of hydrogen-bond acceptors (Lipinski definition) is 9. The van der Waals surface area contributed by atoms with E-state index in [1.165, 1.54) is 12.1 Å². The number of pyridine rings is 1. The van der Waals surface area contributed by atoms with E-state index in [1.807, 2.05) is 36.6 Å². The van der Waals surface area contributed by atoms with Crippen LogP contribution in [0.25, 0.3) is 5.65 Å². The maximum Gasteiger partial charge on any atom is 0.324 e. The Morgan fingerprint density at radius 1 is 1.17 bits per heavy atom. The van der Waals surface area contributed by atoms with E-state index in [2.05, 4.69) is 30.6 Å². The van der Waals surface area contributed by atoms with Crippen molar-refractivity contribution in [1.82, 2.24) is 24.7 Å². The molecule has 0 atom stereocenters. The highest BCUT2D eigenvalue weighted by atomic mass is 32.2. The van der Waals surface area contributed by atoms with Crippen LogP contribution >= 0.6 is 0 Å². The van der Waals surface area contributed by atoms with Crippen molar-refractivity contribution in [2.45, 2.75) is 43.4 Å². The number of benzene rings is 1. The van der Waals surface area contributed by atoms with E-state index >= 15 is 0 Å². The molecule has 12 heteroatoms. The molecular weight excluding hydrogens is 473 g/mol. The van der Waals surface area contributed by atoms with E-state index in [9.17, 15) is 12.8 Å². The van der Waals surface area contributed by atoms with Crippen molar-refractivity contribution >= 4 is 32.9 Å². The molecule has 4 aromatic rings. The molecule has 5 rings (SSSR count). The number of anilines is 3. The third kappa shape index (κ3) is 4.57. The molecule has 184 valence electrons. The Kier molecular flexibility index (Phi) is 5.91. The number of aromatic nitrogens is 5. The molecule has 1 aliphatic heterocycles. The van der Waals surface area contributed by atoms with Crippen molar-refractivity contribution in [1.29, 1.82) is 0 Å². The highest BCUT2D eigenvalue weighted by Crippen LogP contribution is 2.31. The number of halogens is 1. The third-order valence-corrected chi connectivity index (χ3v) is 7.28. The van der Waals surface area contributed by atoms with Crippen LogP contribution in [0.5, 0.6) is 0 Å². The van der Waals surface area contributed by atoms with Crippen LogP contribution in [0.4, 0.5) is 21.8 Å². The zero-order valence-corrected chi connectivity index (χ0v) is 20.5. The van der Waals surface area contributed by atoms with Crippen molar-refractivity contribution in [3.05, 3.63) is 54.0 Å². The van der Waals surface area contributed by atoms with Gasteiger partial charge < -0.3 is 14.7 Å². The number of piperidine rings is 1. The quantitative estimate of drug-likeness (QED) is 0.421. The molecule has 1 aliphatic rings. The second-order valence-corrected chi connectivity index (χ2v) is 11.1. The second kappa shape index (κ2) is 8.91. The van der Waals surface area contributed by atoms with Gasteiger partial charge in [-0.25, -0.2) is 12.8 Å². The van der Waals surface area contributed by atoms with Crippen molar-refractivity contribution in [2.24, 2.45) is 0 Å². The summed E-state index contributed by atoms with van der Waals surface area (Å²) in [5, 5.41) is 16.0. The number of sulfone groups is 1. The van der Waals surface area contributed by atoms with Gasteiger partial charge in [0.15, 0.2) is 21.3 Å². The predicted octanol–water partition coefficient (Wildman–Crippen LogP) is 3.91. The number of hydrogen-bond donors (Lipinski definition) is 1. The van der Waals surface area contributed by atoms with E-state index in [1.54, 1.807) is 0 Å². The summed E-state index contributed by atoms with van der Waals surface area (Å²) < 4.78 is 45.1. The molecule has 0 saturated carbocycles. The summed E-state index contributed by atoms with van der Waals surface area (Å²) in [4.78, 5) is 6.26. The summed E-state index contributed by atoms with van der Waals surface area (Å²) in [6, 6.07) is 8.18. The van der Waals surface area contributed by atoms with Gasteiger partial charge in [0.05, 0.1) is 5.69 Å². The van der Waals surface area contributed by atoms with Crippen LogP contribution in [0.1, 0.15) is 50.2 Å². The Morgan fingerprint density at radius 2 is 1.94 bits per heavy atom. The lowest BCUT2D eigenvalue weighted by molar-refractivity contribution is 0.384. The highest BCUT2D eigenvalue weighted by Gasteiger charge is 2.27. The first-order chi connectivity index (χ1) is 16.7. The van der Waals surface area contributed by atoms with Crippen molar-refractivity contribution in [3.8, 4) is 0 Å². The molecule has 0 spiro atoms. The molecule has 4 heterocycles. The number of nitrogens with zero attached hydrogens (tertiary/aromatic N) is 6. The van der Waals surface area contributed by atoms with E-state index in [4.69, 9.17) is 4.52 Å². The summed E-state index contributed by atoms with van der Waals surface area (Å²) in [7, 11) is -3.64. The molecule has 1 saturated heterocycles. The minimum absolute atomic E-state index is 0.204. The van der Waals surface area contributed by atoms with E-state index in [0.717, 1.165) is 44.1 Å². The van der Waals surface area contributed by atoms with Gasteiger partial charge in [-0.2, -0.15) is 4.98 Å². The Morgan fingerprint density at radius 3 is 2.60 bits per heavy atom. The van der Waals surface area contributed by atoms with Crippen LogP contribution in [-0.4, -0.2) is 52.5 Å². The summed E-state index contributed by atoms with van der Waals surface area (Å²) >= 11 is 0. The average molecular weight is 500 g/mol. The fourth-order valence-corrected chi connectivity index (χ4v) is 4.99. The maximum atomic E-state index is 14.3. The molecular formula is C23H26FN7O3S. The van der Waals surface area contributed by atoms with Crippen molar-refractivity contribution in [2.75, 3.05) is 29.6 Å². The van der Waals surface area contributed by atoms with E-state index in [-0.39, 0.29) is 16.7 Å². The zero-order chi connectivity index (χ0) is 24.7. The fraction of sp³-hybridized carbons (Fsp3) is 0.391. The molecule has 0 bridgehead atoms. The highest BCUT2D eigenvalue weighted by molar-refractivity contribution is 7.90. The maximum absolute atomic E-state index is 14.3. The molecule has 0 radical (unpaired) electrons. The SMILES string of the molecule is CC(C)c1noc(N2CCC(c3nnc4c(Nc5ccc(S(C)(=O)=O)c(F)c5)cccn34)CC2)n1. The standard InChI is InChI=1S/C23H26FN7O3S/c1-14(2)20-26-23(34-29-20)30-11-8-15(9-12-30)21-27-28-22-18(5-4-10-31(21)22)25-16-6-7-19(17(24)13-16)35(3,32)33/h4-7,10,13-15,25H,8-9,11-12H2,1-3H3. The van der Waals surface area contributed by atoms with Crippen LogP contribution in [0.15, 0.2) is 45.9 Å². The normalized spacial score (nSPS) is 15.3. The van der Waals surface area contributed by atoms with E-state index < -0.39 is 15.7 Å². The van der Waals surface area contributed by atoms with Gasteiger partial charge in [0.25, 0.3) is 0 Å². The van der Waals surface area contributed by atoms with Crippen molar-refractivity contribution < 1.29 is 17.3 Å². The van der Waals surface area contributed by atoms with Gasteiger partial charge in [0.1, 0.15) is 16.5 Å². The lowest BCUT2D eigenvalue weighted by Crippen LogP contribution is -2.33. The summed E-state index contributed by atoms with van der Waals surface area (Å²) in [6.07, 6.45) is 4.60. The van der Waals surface area contributed by atoms with Crippen LogP contribution in [-0.2, 0) is 9.84 Å². The largest absolute Gasteiger partial charge is 0.352 e. The molecule has 0 unspecified atom stereocenters. The Hall–Kier alpha value is -3.54. The van der Waals surface area contributed by atoms with Crippen LogP contribution in [0.2, 0.25) is 0 Å². The topological polar surface area (TPSA) is 119 Å². The zero-order valence-electron chi connectivity index (χ0n) is 19.6. The summed E-state index contributed by atoms with van der Waals surface area (Å²) in [5.74, 6) is 1.17. The Balaban J connectivity index is 1.33. The molecule has 1 fully saturated rings. The van der Waals surface area contributed by atoms with Crippen molar-refractivity contribution in [3.63, 3.8) is 0 Å². The number of nitrogens with one attached hydrogen (secondary N) is 1. The van der Waals surface area contributed by atoms with Crippen LogP contribution < -0.4 is 10.2 Å². The third-order valence-electron chi connectivity index (χ3n) is 6.15. The van der Waals surface area contributed by atoms with Gasteiger partial charge in [-0.15, -0.1) is 10.2 Å². The summed E-state index contributed by atoms with van der Waals surface area (Å²) in [6.45, 7) is 5.59. The first-order valence-corrected chi connectivity index (χ1v) is 13.3. The van der Waals surface area contributed by atoms with Gasteiger partial charge in [0.2, 0.25) is 0 Å². The molecule has 1 N–H and O–H groups in total. The number of fused-ring (bicyclic) bond motifs is 1. The summed E-state index contributed by atoms with van der Waals surface area (Å²) in [5.41, 5.74) is 1.67. The van der Waals surface area contributed by atoms with Crippen LogP contribution in [0, 0.1) is 5.82 Å². The van der Waals surface area contributed by atoms with E-state index in [0.29, 0.717) is 28.9 Å². The minimum atomic E-state index is -3.64. The Labute approximate surface area is 202 Å². The molecule has 3 aromatic heterocycles. The molecule has 0 amide bonds. The smallest absolute Gasteiger partial charge is 0.324 e. The fourth-order valence-electron chi connectivity index (χ4n) is 4.26. The predicted molar refractivity (Wildman–Crippen MR) is 128 cm³/mol. The first kappa shape index (κ1) is 23.2. The number of rotatable bonds is 6. The van der Waals surface area contributed by atoms with Gasteiger partial charge >= 0.3 is 6.01 Å². The molecule has 35 heavy (non-hydrogen) atoms. The molecule has 1 aromatic carbocycles. The minimum Gasteiger partial charge on any atom is -0.352 e. The molecule has 0 aliphatic carbocycles. The molecule has 10 nitrogen and oxygen atoms in total. The van der Waals surface area contributed by atoms with Gasteiger partial charge in [-0.1, -0.05) is 19.0 Å². The van der Waals surface area contributed by atoms with Gasteiger partial charge in [0, 0.05) is 43.1 Å². The second-order valence-electron chi connectivity index (χ2n) is 9.07. The van der Waals surface area contributed by atoms with Gasteiger partial charge in [-0.3, -0.25) is 4.40 Å². The Bertz CT molecular complexity index is 1470. The average Bonchev–Trinajstić information content (AvgIpc) is 3.47. The lowest BCUT2D eigenvalue weighted by Gasteiger charge is -2.29. The monoisotopic (exact) mass is 499 g/mol. The lowest BCUT2D eigenvalue weighted by atomic mass is 9.96. The first-order valence-electron chi connectivity index (χ1n) is 11.4.